The Morgan fingerprint density at radius 2 is 1.03 bits per heavy atom. The zero-order valence-corrected chi connectivity index (χ0v) is 41.4. The van der Waals surface area contributed by atoms with Crippen molar-refractivity contribution in [2.24, 2.45) is 21.1 Å². The lowest BCUT2D eigenvalue weighted by molar-refractivity contribution is 0.0524. The lowest BCUT2D eigenvalue weighted by atomic mass is 10.1. The minimum absolute atomic E-state index is 0.0309. The number of methoxy groups -OCH3 is 3. The van der Waals surface area contributed by atoms with Crippen molar-refractivity contribution in [2.75, 3.05) is 43.5 Å². The van der Waals surface area contributed by atoms with Crippen LogP contribution in [0.4, 0.5) is 17.5 Å². The highest BCUT2D eigenvalue weighted by atomic mass is 79.9. The smallest absolute Gasteiger partial charge is 0.338 e. The van der Waals surface area contributed by atoms with Gasteiger partial charge in [0.25, 0.3) is 11.8 Å². The van der Waals surface area contributed by atoms with Crippen LogP contribution in [0.15, 0.2) is 128 Å². The fraction of sp³-hybridized carbons (Fsp3) is 0.208. The monoisotopic (exact) mass is 1010 g/mol. The number of aromatic nitrogens is 6. The topological polar surface area (TPSA) is 174 Å². The third-order valence-electron chi connectivity index (χ3n) is 12.1. The van der Waals surface area contributed by atoms with Crippen molar-refractivity contribution in [2.45, 2.75) is 25.3 Å². The molecule has 0 unspecified atom stereocenters. The molecule has 2 amide bonds. The lowest BCUT2D eigenvalue weighted by Gasteiger charge is -2.14. The molecule has 0 saturated carbocycles. The zero-order chi connectivity index (χ0) is 49.6. The molecule has 70 heavy (non-hydrogen) atoms. The van der Waals surface area contributed by atoms with Crippen molar-refractivity contribution in [3.8, 4) is 17.2 Å². The average Bonchev–Trinajstić information content (AvgIpc) is 4.21. The number of fused-ring (bicyclic) bond motifs is 5. The van der Waals surface area contributed by atoms with E-state index in [1.54, 1.807) is 62.4 Å². The summed E-state index contributed by atoms with van der Waals surface area (Å²) in [5.74, 6) is 3.60. The van der Waals surface area contributed by atoms with Crippen LogP contribution >= 0.6 is 15.9 Å². The van der Waals surface area contributed by atoms with Crippen LogP contribution in [0, 0.1) is 0 Å². The molecular formula is C53H52BrN9O7. The number of nitrogens with zero attached hydrogens (tertiary/aromatic N) is 8. The first-order chi connectivity index (χ1) is 33.8. The van der Waals surface area contributed by atoms with Crippen LogP contribution in [0.1, 0.15) is 54.7 Å². The molecule has 8 heterocycles. The van der Waals surface area contributed by atoms with Gasteiger partial charge in [-0.3, -0.25) is 19.4 Å². The fourth-order valence-corrected chi connectivity index (χ4v) is 8.65. The van der Waals surface area contributed by atoms with E-state index in [1.165, 1.54) is 0 Å². The third kappa shape index (κ3) is 10.0. The Hall–Kier alpha value is -8.18. The molecule has 0 bridgehead atoms. The summed E-state index contributed by atoms with van der Waals surface area (Å²) in [4.78, 5) is 53.2. The van der Waals surface area contributed by atoms with Crippen molar-refractivity contribution in [1.29, 1.82) is 0 Å². The van der Waals surface area contributed by atoms with Gasteiger partial charge in [-0.25, -0.2) is 19.7 Å². The summed E-state index contributed by atoms with van der Waals surface area (Å²) in [6.07, 6.45) is 11.4. The van der Waals surface area contributed by atoms with Gasteiger partial charge >= 0.3 is 5.97 Å². The van der Waals surface area contributed by atoms with Gasteiger partial charge in [0, 0.05) is 72.3 Å². The number of hydrogen-bond acceptors (Lipinski definition) is 11. The lowest BCUT2D eigenvalue weighted by Crippen LogP contribution is -2.23. The number of nitrogen functional groups attached to an aromatic ring is 1. The molecule has 2 aliphatic rings. The van der Waals surface area contributed by atoms with E-state index in [-0.39, 0.29) is 17.8 Å². The molecule has 17 heteroatoms. The standard InChI is InChI=1S/2C17H15N3O2.C11H13BrO3.C8H9N3/c2*1-19-6-5-11-7-16(18-9-15(11)19)20-10-12-3-4-13(22-2)8-14(12)17(20)21;1-3-15-11(13)10-6-9(14-2)5-4-8(10)7-12;1-11-3-2-6-4-8(9)10-5-7(6)11/h2*3-9H,10H2,1-2H3;4-6H,3,7H2,1-2H3;2-5H,1H3,(H2,9,10). The fourth-order valence-electron chi connectivity index (χ4n) is 8.16. The SMILES string of the molecule is CCOC(=O)c1cc(OC)ccc1CBr.COc1ccc2c(c1)C(=O)N(c1cc3ccn(C)c3cn1)C2.COc1ccc2c(c1)C(=O)N(c1cc3ccn(C)c3cn1)C2.Cn1ccc2cc(N)ncc21. The highest BCUT2D eigenvalue weighted by Gasteiger charge is 2.31. The van der Waals surface area contributed by atoms with Gasteiger partial charge in [0.1, 0.15) is 34.7 Å². The summed E-state index contributed by atoms with van der Waals surface area (Å²) in [5.41, 5.74) is 13.6. The second kappa shape index (κ2) is 21.0. The highest BCUT2D eigenvalue weighted by molar-refractivity contribution is 9.08. The van der Waals surface area contributed by atoms with Crippen LogP contribution in [0.2, 0.25) is 0 Å². The van der Waals surface area contributed by atoms with Gasteiger partial charge in [0.05, 0.1) is 81.7 Å². The minimum atomic E-state index is -0.314. The Morgan fingerprint density at radius 3 is 1.47 bits per heavy atom. The molecule has 0 radical (unpaired) electrons. The van der Waals surface area contributed by atoms with Gasteiger partial charge in [-0.1, -0.05) is 34.1 Å². The highest BCUT2D eigenvalue weighted by Crippen LogP contribution is 2.33. The second-order valence-corrected chi connectivity index (χ2v) is 16.9. The molecule has 0 atom stereocenters. The molecule has 3 aromatic carbocycles. The molecule has 0 spiro atoms. The Balaban J connectivity index is 0.000000130. The molecular weight excluding hydrogens is 955 g/mol. The Bertz CT molecular complexity index is 3250. The van der Waals surface area contributed by atoms with Gasteiger partial charge in [0.15, 0.2) is 0 Å². The van der Waals surface area contributed by atoms with Crippen LogP contribution < -0.4 is 29.7 Å². The number of ether oxygens (including phenoxy) is 4. The number of pyridine rings is 3. The van der Waals surface area contributed by atoms with Gasteiger partial charge < -0.3 is 38.4 Å². The van der Waals surface area contributed by atoms with Crippen LogP contribution in [0.3, 0.4) is 0 Å². The number of hydrogen-bond donors (Lipinski definition) is 1. The van der Waals surface area contributed by atoms with Crippen molar-refractivity contribution in [3.63, 3.8) is 0 Å². The van der Waals surface area contributed by atoms with Crippen molar-refractivity contribution < 1.29 is 33.3 Å². The summed E-state index contributed by atoms with van der Waals surface area (Å²) in [6.45, 7) is 3.25. The molecule has 0 saturated heterocycles. The predicted octanol–water partition coefficient (Wildman–Crippen LogP) is 9.41. The van der Waals surface area contributed by atoms with Gasteiger partial charge in [-0.2, -0.15) is 0 Å². The number of nitrogens with two attached hydrogens (primary N) is 1. The molecule has 2 aliphatic heterocycles. The largest absolute Gasteiger partial charge is 0.497 e. The maximum atomic E-state index is 12.6. The number of carbonyl (C=O) groups excluding carboxylic acids is 3. The van der Waals surface area contributed by atoms with E-state index in [0.29, 0.717) is 76.4 Å². The van der Waals surface area contributed by atoms with Gasteiger partial charge in [-0.15, -0.1) is 0 Å². The number of esters is 1. The Kier molecular flexibility index (Phi) is 14.5. The summed E-state index contributed by atoms with van der Waals surface area (Å²) >= 11 is 3.33. The summed E-state index contributed by atoms with van der Waals surface area (Å²) in [7, 11) is 10.7. The molecule has 16 nitrogen and oxygen atoms in total. The van der Waals surface area contributed by atoms with E-state index in [0.717, 1.165) is 49.4 Å². The number of amides is 2. The zero-order valence-electron chi connectivity index (χ0n) is 39.8. The van der Waals surface area contributed by atoms with Crippen molar-refractivity contribution in [1.82, 2.24) is 28.7 Å². The maximum absolute atomic E-state index is 12.6. The Morgan fingerprint density at radius 1 is 0.600 bits per heavy atom. The van der Waals surface area contributed by atoms with Crippen LogP contribution in [0.5, 0.6) is 17.2 Å². The van der Waals surface area contributed by atoms with Crippen molar-refractivity contribution >= 4 is 83.9 Å². The Labute approximate surface area is 412 Å². The maximum Gasteiger partial charge on any atom is 0.338 e. The first-order valence-electron chi connectivity index (χ1n) is 22.2. The molecule has 2 N–H and O–H groups in total. The quantitative estimate of drug-likeness (QED) is 0.113. The number of aryl methyl sites for hydroxylation is 3. The number of benzene rings is 3. The number of anilines is 3. The number of halogens is 1. The summed E-state index contributed by atoms with van der Waals surface area (Å²) < 4.78 is 26.5. The van der Waals surface area contributed by atoms with E-state index in [4.69, 9.17) is 24.7 Å². The molecule has 358 valence electrons. The number of rotatable bonds is 8. The number of alkyl halides is 1. The van der Waals surface area contributed by atoms with E-state index < -0.39 is 0 Å². The van der Waals surface area contributed by atoms with Crippen LogP contribution in [0.25, 0.3) is 32.7 Å². The van der Waals surface area contributed by atoms with E-state index in [1.807, 2.05) is 139 Å². The van der Waals surface area contributed by atoms with E-state index in [9.17, 15) is 14.4 Å². The first-order valence-corrected chi connectivity index (χ1v) is 23.3. The van der Waals surface area contributed by atoms with Crippen molar-refractivity contribution in [3.05, 3.63) is 162 Å². The van der Waals surface area contributed by atoms with Gasteiger partial charge in [-0.05, 0) is 96.4 Å². The number of carbonyl (C=O) groups is 3. The average molecular weight is 1010 g/mol. The first kappa shape index (κ1) is 48.3. The predicted molar refractivity (Wildman–Crippen MR) is 275 cm³/mol. The minimum Gasteiger partial charge on any atom is -0.497 e. The molecule has 0 aliphatic carbocycles. The molecule has 0 fully saturated rings. The molecule has 11 rings (SSSR count). The van der Waals surface area contributed by atoms with E-state index >= 15 is 0 Å². The molecule has 6 aromatic heterocycles. The molecule has 9 aromatic rings. The normalized spacial score (nSPS) is 12.4. The second-order valence-electron chi connectivity index (χ2n) is 16.4. The van der Waals surface area contributed by atoms with Crippen LogP contribution in [-0.4, -0.2) is 74.4 Å². The summed E-state index contributed by atoms with van der Waals surface area (Å²) in [5, 5.41) is 3.91. The third-order valence-corrected chi connectivity index (χ3v) is 12.7. The van der Waals surface area contributed by atoms with E-state index in [2.05, 4.69) is 30.9 Å². The summed E-state index contributed by atoms with van der Waals surface area (Å²) in [6, 6.07) is 28.4. The van der Waals surface area contributed by atoms with Crippen LogP contribution in [-0.2, 0) is 44.3 Å². The van der Waals surface area contributed by atoms with Gasteiger partial charge in [0.2, 0.25) is 0 Å².